The fourth-order valence-electron chi connectivity index (χ4n) is 12.5. The number of fused-ring (bicyclic) bond motifs is 7. The fourth-order valence-corrected chi connectivity index (χ4v) is 12.5. The molecule has 0 saturated heterocycles. The average molecular weight is 633 g/mol. The van der Waals surface area contributed by atoms with E-state index in [-0.39, 0.29) is 40.1 Å². The van der Waals surface area contributed by atoms with Gasteiger partial charge in [-0.15, -0.1) is 0 Å². The molecular formula is C40H56O6. The SMILES string of the molecule is CC1(C)CC[C@]2(C(=O)O)CC[C@]3(COC(=O)/C=C/c4ccc(O)cc4)C(=CC[C@@H]4[C@@]5(C)CC[C@H](O)C(C)(C)[C@@H]5CC[C@]43C)[C@]2(C)C1. The van der Waals surface area contributed by atoms with Crippen LogP contribution in [0.15, 0.2) is 42.0 Å². The molecule has 0 aromatic heterocycles. The van der Waals surface area contributed by atoms with Crippen LogP contribution >= 0.6 is 0 Å². The van der Waals surface area contributed by atoms with Crippen LogP contribution in [0.5, 0.6) is 5.75 Å². The van der Waals surface area contributed by atoms with E-state index >= 15 is 0 Å². The maximum atomic E-state index is 13.4. The quantitative estimate of drug-likeness (QED) is 0.171. The zero-order valence-corrected chi connectivity index (χ0v) is 29.1. The number of aliphatic hydroxyl groups excluding tert-OH is 1. The van der Waals surface area contributed by atoms with Crippen molar-refractivity contribution in [2.24, 2.45) is 49.7 Å². The van der Waals surface area contributed by atoms with Gasteiger partial charge in [0.2, 0.25) is 0 Å². The summed E-state index contributed by atoms with van der Waals surface area (Å²) in [5, 5.41) is 31.7. The summed E-state index contributed by atoms with van der Waals surface area (Å²) in [6.45, 7) is 16.4. The molecule has 0 spiro atoms. The highest BCUT2D eigenvalue weighted by molar-refractivity contribution is 5.87. The van der Waals surface area contributed by atoms with Crippen molar-refractivity contribution in [2.45, 2.75) is 119 Å². The molecule has 8 atom stereocenters. The minimum Gasteiger partial charge on any atom is -0.508 e. The Kier molecular flexibility index (Phi) is 7.75. The molecule has 1 aromatic carbocycles. The second kappa shape index (κ2) is 10.7. The second-order valence-corrected chi connectivity index (χ2v) is 18.0. The van der Waals surface area contributed by atoms with Crippen LogP contribution in [-0.2, 0) is 14.3 Å². The Morgan fingerprint density at radius 1 is 0.891 bits per heavy atom. The summed E-state index contributed by atoms with van der Waals surface area (Å²) in [6, 6.07) is 6.70. The van der Waals surface area contributed by atoms with E-state index in [9.17, 15) is 24.9 Å². The number of carbonyl (C=O) groups is 2. The number of phenolic OH excluding ortho intramolecular Hbond substituents is 1. The topological polar surface area (TPSA) is 104 Å². The standard InChI is InChI=1S/C40H56O6/c1-34(2)20-21-39(33(44)45)22-23-40(25-46-32(43)15-10-26-8-11-27(41)12-9-26)30(38(39,7)24-34)14-13-29-36(5)18-17-31(42)35(3,4)28(36)16-19-37(29,40)6/h8-12,14-15,28-29,31,41-42H,13,16-25H2,1-7H3,(H,44,45)/b15-10+/t28-,29+,31-,36-,37+,38-,39+,40-/m0/s1. The minimum atomic E-state index is -0.831. The molecular weight excluding hydrogens is 576 g/mol. The summed E-state index contributed by atoms with van der Waals surface area (Å²) in [7, 11) is 0. The van der Waals surface area contributed by atoms with Gasteiger partial charge in [0.05, 0.1) is 11.5 Å². The molecule has 4 saturated carbocycles. The van der Waals surface area contributed by atoms with Gasteiger partial charge in [-0.1, -0.05) is 72.2 Å². The minimum absolute atomic E-state index is 0.00603. The number of carbonyl (C=O) groups excluding carboxylic acids is 1. The number of benzene rings is 1. The van der Waals surface area contributed by atoms with Gasteiger partial charge in [0.15, 0.2) is 0 Å². The van der Waals surface area contributed by atoms with Gasteiger partial charge in [-0.05, 0) is 121 Å². The predicted molar refractivity (Wildman–Crippen MR) is 180 cm³/mol. The number of aliphatic hydroxyl groups is 1. The Balaban J connectivity index is 1.44. The number of carboxylic acid groups (broad SMARTS) is 1. The van der Waals surface area contributed by atoms with Gasteiger partial charge in [-0.25, -0.2) is 4.79 Å². The normalized spacial score (nSPS) is 42.5. The Bertz CT molecular complexity index is 1450. The first kappa shape index (κ1) is 33.3. The molecule has 5 aliphatic rings. The van der Waals surface area contributed by atoms with Crippen LogP contribution in [0.2, 0.25) is 0 Å². The molecule has 6 heteroatoms. The van der Waals surface area contributed by atoms with E-state index < -0.39 is 28.2 Å². The second-order valence-electron chi connectivity index (χ2n) is 18.0. The highest BCUT2D eigenvalue weighted by Crippen LogP contribution is 2.78. The van der Waals surface area contributed by atoms with Crippen LogP contribution in [0.3, 0.4) is 0 Å². The van der Waals surface area contributed by atoms with E-state index in [2.05, 4.69) is 54.5 Å². The number of phenols is 1. The molecule has 0 aliphatic heterocycles. The third-order valence-electron chi connectivity index (χ3n) is 15.1. The number of hydrogen-bond donors (Lipinski definition) is 3. The van der Waals surface area contributed by atoms with E-state index in [0.717, 1.165) is 50.5 Å². The zero-order chi connectivity index (χ0) is 33.6. The number of ether oxygens (including phenoxy) is 1. The molecule has 0 amide bonds. The van der Waals surface area contributed by atoms with Gasteiger partial charge in [0.25, 0.3) is 0 Å². The summed E-state index contributed by atoms with van der Waals surface area (Å²) < 4.78 is 6.30. The lowest BCUT2D eigenvalue weighted by Crippen LogP contribution is -2.68. The number of hydrogen-bond acceptors (Lipinski definition) is 5. The van der Waals surface area contributed by atoms with Gasteiger partial charge >= 0.3 is 11.9 Å². The van der Waals surface area contributed by atoms with Gasteiger partial charge < -0.3 is 20.1 Å². The predicted octanol–water partition coefficient (Wildman–Crippen LogP) is 8.57. The summed E-state index contributed by atoms with van der Waals surface area (Å²) in [4.78, 5) is 26.8. The summed E-state index contributed by atoms with van der Waals surface area (Å²) in [6.07, 6.45) is 13.6. The molecule has 5 aliphatic carbocycles. The first-order valence-corrected chi connectivity index (χ1v) is 17.6. The van der Waals surface area contributed by atoms with Crippen LogP contribution in [0.4, 0.5) is 0 Å². The number of esters is 1. The van der Waals surface area contributed by atoms with E-state index in [0.29, 0.717) is 31.1 Å². The van der Waals surface area contributed by atoms with Crippen molar-refractivity contribution in [1.29, 1.82) is 0 Å². The van der Waals surface area contributed by atoms with Gasteiger partial charge in [0.1, 0.15) is 12.4 Å². The Morgan fingerprint density at radius 2 is 1.57 bits per heavy atom. The van der Waals surface area contributed by atoms with Gasteiger partial charge in [-0.3, -0.25) is 4.79 Å². The number of rotatable bonds is 5. The first-order valence-electron chi connectivity index (χ1n) is 17.6. The highest BCUT2D eigenvalue weighted by atomic mass is 16.5. The smallest absolute Gasteiger partial charge is 0.330 e. The molecule has 46 heavy (non-hydrogen) atoms. The lowest BCUT2D eigenvalue weighted by atomic mass is 9.31. The van der Waals surface area contributed by atoms with Crippen LogP contribution in [0.25, 0.3) is 6.08 Å². The molecule has 4 fully saturated rings. The molecule has 0 heterocycles. The molecule has 3 N–H and O–H groups in total. The molecule has 252 valence electrons. The van der Waals surface area contributed by atoms with Gasteiger partial charge in [-0.2, -0.15) is 0 Å². The zero-order valence-electron chi connectivity index (χ0n) is 29.1. The van der Waals surface area contributed by atoms with Crippen molar-refractivity contribution in [3.8, 4) is 5.75 Å². The van der Waals surface area contributed by atoms with Crippen molar-refractivity contribution in [3.63, 3.8) is 0 Å². The maximum absolute atomic E-state index is 13.4. The van der Waals surface area contributed by atoms with E-state index in [1.807, 2.05) is 0 Å². The lowest BCUT2D eigenvalue weighted by Gasteiger charge is -2.73. The van der Waals surface area contributed by atoms with E-state index in [1.165, 1.54) is 11.6 Å². The van der Waals surface area contributed by atoms with E-state index in [4.69, 9.17) is 4.74 Å². The number of allylic oxidation sites excluding steroid dienone is 1. The van der Waals surface area contributed by atoms with Crippen molar-refractivity contribution in [1.82, 2.24) is 0 Å². The number of aromatic hydroxyl groups is 1. The van der Waals surface area contributed by atoms with Crippen LogP contribution in [0.1, 0.15) is 118 Å². The molecule has 0 unspecified atom stereocenters. The third kappa shape index (κ3) is 4.58. The van der Waals surface area contributed by atoms with E-state index in [1.54, 1.807) is 30.3 Å². The molecule has 0 bridgehead atoms. The first-order chi connectivity index (χ1) is 21.4. The van der Waals surface area contributed by atoms with Crippen LogP contribution in [0, 0.1) is 49.7 Å². The largest absolute Gasteiger partial charge is 0.508 e. The summed E-state index contributed by atoms with van der Waals surface area (Å²) in [5.74, 6) is -0.196. The third-order valence-corrected chi connectivity index (χ3v) is 15.1. The monoisotopic (exact) mass is 632 g/mol. The molecule has 6 rings (SSSR count). The van der Waals surface area contributed by atoms with Crippen molar-refractivity contribution >= 4 is 18.0 Å². The Hall–Kier alpha value is -2.60. The molecule has 1 aromatic rings. The Morgan fingerprint density at radius 3 is 2.24 bits per heavy atom. The summed E-state index contributed by atoms with van der Waals surface area (Å²) >= 11 is 0. The highest BCUT2D eigenvalue weighted by Gasteiger charge is 2.73. The fraction of sp³-hybridized carbons (Fsp3) is 0.700. The summed E-state index contributed by atoms with van der Waals surface area (Å²) in [5.41, 5.74) is -0.192. The maximum Gasteiger partial charge on any atom is 0.330 e. The van der Waals surface area contributed by atoms with Crippen molar-refractivity contribution in [2.75, 3.05) is 6.61 Å². The average Bonchev–Trinajstić information content (AvgIpc) is 2.97. The number of carboxylic acids is 1. The van der Waals surface area contributed by atoms with Crippen LogP contribution < -0.4 is 0 Å². The lowest BCUT2D eigenvalue weighted by molar-refractivity contribution is -0.224. The van der Waals surface area contributed by atoms with Gasteiger partial charge in [0, 0.05) is 16.9 Å². The Labute approximate surface area is 275 Å². The number of aliphatic carboxylic acids is 1. The van der Waals surface area contributed by atoms with Crippen molar-refractivity contribution in [3.05, 3.63) is 47.6 Å². The van der Waals surface area contributed by atoms with Crippen molar-refractivity contribution < 1.29 is 29.6 Å². The van der Waals surface area contributed by atoms with Crippen LogP contribution in [-0.4, -0.2) is 40.0 Å². The molecule has 0 radical (unpaired) electrons. The molecule has 6 nitrogen and oxygen atoms in total.